The van der Waals surface area contributed by atoms with Crippen molar-refractivity contribution in [2.24, 2.45) is 5.73 Å². The number of nitrogens with zero attached hydrogens (tertiary/aromatic N) is 1. The molecule has 2 amide bonds. The molecule has 1 fully saturated rings. The molecule has 8 nitrogen and oxygen atoms in total. The lowest BCUT2D eigenvalue weighted by molar-refractivity contribution is -0.151. The monoisotopic (exact) mass is 377 g/mol. The minimum atomic E-state index is -0.649. The molecule has 0 spiro atoms. The Labute approximate surface area is 159 Å². The second kappa shape index (κ2) is 9.91. The van der Waals surface area contributed by atoms with E-state index in [-0.39, 0.29) is 12.6 Å². The van der Waals surface area contributed by atoms with Gasteiger partial charge < -0.3 is 20.5 Å². The number of hydrogen-bond donors (Lipinski definition) is 2. The molecule has 1 aliphatic heterocycles. The van der Waals surface area contributed by atoms with E-state index in [9.17, 15) is 14.4 Å². The van der Waals surface area contributed by atoms with Crippen LogP contribution in [0.5, 0.6) is 0 Å². The number of nitrogens with one attached hydrogen (secondary N) is 1. The minimum Gasteiger partial charge on any atom is -0.427 e. The molecule has 2 atom stereocenters. The summed E-state index contributed by atoms with van der Waals surface area (Å²) in [6, 6.07) is 9.48. The van der Waals surface area contributed by atoms with Crippen molar-refractivity contribution in [3.05, 3.63) is 35.9 Å². The van der Waals surface area contributed by atoms with Gasteiger partial charge >= 0.3 is 12.1 Å². The molecule has 1 aliphatic rings. The molecule has 8 heteroatoms. The Morgan fingerprint density at radius 1 is 1.33 bits per heavy atom. The molecule has 0 bridgehead atoms. The summed E-state index contributed by atoms with van der Waals surface area (Å²) in [5.41, 5.74) is 5.66. The molecule has 0 aliphatic carbocycles. The van der Waals surface area contributed by atoms with Gasteiger partial charge in [0.1, 0.15) is 0 Å². The molecule has 2 unspecified atom stereocenters. The third kappa shape index (κ3) is 5.43. The first-order chi connectivity index (χ1) is 13.0. The summed E-state index contributed by atoms with van der Waals surface area (Å²) in [7, 11) is 0. The van der Waals surface area contributed by atoms with E-state index >= 15 is 0 Å². The molecular weight excluding hydrogens is 350 g/mol. The minimum absolute atomic E-state index is 0.178. The predicted molar refractivity (Wildman–Crippen MR) is 98.5 cm³/mol. The van der Waals surface area contributed by atoms with Crippen LogP contribution in [0.3, 0.4) is 0 Å². The van der Waals surface area contributed by atoms with Crippen LogP contribution in [0.1, 0.15) is 44.2 Å². The lowest BCUT2D eigenvalue weighted by atomic mass is 9.80. The van der Waals surface area contributed by atoms with Crippen molar-refractivity contribution in [1.82, 2.24) is 10.2 Å². The SMILES string of the molecule is CCCC1(NC=O)CCC(c2ccccc2)N(C(=O)OCOC(=O)CN)C1. The normalized spacial score (nSPS) is 22.0. The largest absolute Gasteiger partial charge is 0.427 e. The molecule has 1 aromatic rings. The van der Waals surface area contributed by atoms with Crippen molar-refractivity contribution in [2.45, 2.75) is 44.2 Å². The molecule has 1 aromatic carbocycles. The maximum absolute atomic E-state index is 12.7. The zero-order chi connectivity index (χ0) is 19.7. The number of carbonyl (C=O) groups is 3. The van der Waals surface area contributed by atoms with E-state index in [1.165, 1.54) is 0 Å². The van der Waals surface area contributed by atoms with Gasteiger partial charge in [-0.05, 0) is 24.8 Å². The van der Waals surface area contributed by atoms with Crippen LogP contribution in [-0.2, 0) is 19.1 Å². The third-order valence-corrected chi connectivity index (χ3v) is 4.83. The van der Waals surface area contributed by atoms with Crippen LogP contribution < -0.4 is 11.1 Å². The number of rotatable bonds is 8. The first kappa shape index (κ1) is 20.7. The van der Waals surface area contributed by atoms with Crippen molar-refractivity contribution >= 4 is 18.5 Å². The molecular formula is C19H27N3O5. The first-order valence-electron chi connectivity index (χ1n) is 9.10. The molecule has 0 radical (unpaired) electrons. The summed E-state index contributed by atoms with van der Waals surface area (Å²) < 4.78 is 9.86. The number of likely N-dealkylation sites (tertiary alicyclic amines) is 1. The van der Waals surface area contributed by atoms with Crippen LogP contribution >= 0.6 is 0 Å². The maximum Gasteiger partial charge on any atom is 0.413 e. The smallest absolute Gasteiger partial charge is 0.413 e. The summed E-state index contributed by atoms with van der Waals surface area (Å²) in [5, 5.41) is 2.91. The summed E-state index contributed by atoms with van der Waals surface area (Å²) in [5.74, 6) is -0.649. The van der Waals surface area contributed by atoms with E-state index in [0.717, 1.165) is 24.8 Å². The summed E-state index contributed by atoms with van der Waals surface area (Å²) in [6.07, 6.45) is 3.15. The highest BCUT2D eigenvalue weighted by Gasteiger charge is 2.42. The van der Waals surface area contributed by atoms with Gasteiger partial charge in [-0.1, -0.05) is 43.7 Å². The van der Waals surface area contributed by atoms with Crippen molar-refractivity contribution in [1.29, 1.82) is 0 Å². The Morgan fingerprint density at radius 3 is 2.70 bits per heavy atom. The van der Waals surface area contributed by atoms with E-state index in [0.29, 0.717) is 19.4 Å². The number of nitrogens with two attached hydrogens (primary N) is 1. The standard InChI is InChI=1S/C19H27N3O5/c1-2-9-19(21-13-23)10-8-16(15-6-4-3-5-7-15)22(12-19)18(25)27-14-26-17(24)11-20/h3-7,13,16H,2,8-12,14,20H2,1H3,(H,21,23). The summed E-state index contributed by atoms with van der Waals surface area (Å²) in [4.78, 5) is 36.6. The van der Waals surface area contributed by atoms with Gasteiger partial charge in [0, 0.05) is 6.54 Å². The molecule has 2 rings (SSSR count). The van der Waals surface area contributed by atoms with Crippen LogP contribution in [0.2, 0.25) is 0 Å². The predicted octanol–water partition coefficient (Wildman–Crippen LogP) is 1.70. The molecule has 148 valence electrons. The molecule has 1 heterocycles. The molecule has 3 N–H and O–H groups in total. The van der Waals surface area contributed by atoms with Crippen molar-refractivity contribution in [3.8, 4) is 0 Å². The number of amides is 2. The van der Waals surface area contributed by atoms with Crippen LogP contribution in [0, 0.1) is 0 Å². The maximum atomic E-state index is 12.7. The number of esters is 1. The first-order valence-corrected chi connectivity index (χ1v) is 9.10. The number of ether oxygens (including phenoxy) is 2. The Kier molecular flexibility index (Phi) is 7.60. The Morgan fingerprint density at radius 2 is 2.07 bits per heavy atom. The second-order valence-corrected chi connectivity index (χ2v) is 6.63. The van der Waals surface area contributed by atoms with E-state index < -0.39 is 24.4 Å². The fourth-order valence-corrected chi connectivity index (χ4v) is 3.58. The number of benzene rings is 1. The Balaban J connectivity index is 2.18. The van der Waals surface area contributed by atoms with Gasteiger partial charge in [0.25, 0.3) is 0 Å². The lowest BCUT2D eigenvalue weighted by Crippen LogP contribution is -2.58. The zero-order valence-electron chi connectivity index (χ0n) is 15.6. The van der Waals surface area contributed by atoms with Crippen LogP contribution in [0.15, 0.2) is 30.3 Å². The highest BCUT2D eigenvalue weighted by molar-refractivity contribution is 5.72. The van der Waals surface area contributed by atoms with Crippen molar-refractivity contribution in [2.75, 3.05) is 19.9 Å². The third-order valence-electron chi connectivity index (χ3n) is 4.83. The highest BCUT2D eigenvalue weighted by Crippen LogP contribution is 2.37. The molecule has 27 heavy (non-hydrogen) atoms. The Bertz CT molecular complexity index is 639. The quantitative estimate of drug-likeness (QED) is 0.405. The van der Waals surface area contributed by atoms with Crippen LogP contribution in [0.4, 0.5) is 4.79 Å². The van der Waals surface area contributed by atoms with E-state index in [1.807, 2.05) is 37.3 Å². The number of hydrogen-bond acceptors (Lipinski definition) is 6. The van der Waals surface area contributed by atoms with Crippen molar-refractivity contribution < 1.29 is 23.9 Å². The fourth-order valence-electron chi connectivity index (χ4n) is 3.58. The van der Waals surface area contributed by atoms with Crippen molar-refractivity contribution in [3.63, 3.8) is 0 Å². The molecule has 0 saturated carbocycles. The van der Waals surface area contributed by atoms with E-state index in [4.69, 9.17) is 15.2 Å². The highest BCUT2D eigenvalue weighted by atomic mass is 16.7. The van der Waals surface area contributed by atoms with Gasteiger partial charge in [0.05, 0.1) is 18.1 Å². The second-order valence-electron chi connectivity index (χ2n) is 6.63. The number of carbonyl (C=O) groups excluding carboxylic acids is 3. The van der Waals surface area contributed by atoms with Gasteiger partial charge in [-0.25, -0.2) is 4.79 Å². The average Bonchev–Trinajstić information content (AvgIpc) is 2.68. The van der Waals surface area contributed by atoms with E-state index in [2.05, 4.69) is 5.32 Å². The average molecular weight is 377 g/mol. The Hall–Kier alpha value is -2.61. The lowest BCUT2D eigenvalue weighted by Gasteiger charge is -2.46. The van der Waals surface area contributed by atoms with Gasteiger partial charge in [-0.15, -0.1) is 0 Å². The number of piperidine rings is 1. The zero-order valence-corrected chi connectivity index (χ0v) is 15.6. The van der Waals surface area contributed by atoms with Gasteiger partial charge in [0.2, 0.25) is 13.2 Å². The topological polar surface area (TPSA) is 111 Å². The van der Waals surface area contributed by atoms with Crippen LogP contribution in [-0.4, -0.2) is 48.8 Å². The van der Waals surface area contributed by atoms with Gasteiger partial charge in [-0.2, -0.15) is 0 Å². The fraction of sp³-hybridized carbons (Fsp3) is 0.526. The molecule has 1 saturated heterocycles. The summed E-state index contributed by atoms with van der Waals surface area (Å²) in [6.45, 7) is 1.58. The van der Waals surface area contributed by atoms with Crippen LogP contribution in [0.25, 0.3) is 0 Å². The van der Waals surface area contributed by atoms with Gasteiger partial charge in [-0.3, -0.25) is 14.5 Å². The molecule has 0 aromatic heterocycles. The van der Waals surface area contributed by atoms with Gasteiger partial charge in [0.15, 0.2) is 0 Å². The summed E-state index contributed by atoms with van der Waals surface area (Å²) >= 11 is 0. The van der Waals surface area contributed by atoms with E-state index in [1.54, 1.807) is 4.90 Å².